The molecule has 1 aromatic carbocycles. The summed E-state index contributed by atoms with van der Waals surface area (Å²) in [5.74, 6) is -0.694. The zero-order chi connectivity index (χ0) is 11.5. The Kier molecular flexibility index (Phi) is 3.25. The fourth-order valence-electron chi connectivity index (χ4n) is 2.38. The van der Waals surface area contributed by atoms with Gasteiger partial charge in [0.05, 0.1) is 0 Å². The molecule has 2 unspecified atom stereocenters. The summed E-state index contributed by atoms with van der Waals surface area (Å²) >= 11 is 0. The van der Waals surface area contributed by atoms with Gasteiger partial charge in [-0.3, -0.25) is 9.69 Å². The van der Waals surface area contributed by atoms with Gasteiger partial charge in [-0.05, 0) is 18.4 Å². The van der Waals surface area contributed by atoms with Crippen LogP contribution < -0.4 is 0 Å². The van der Waals surface area contributed by atoms with Gasteiger partial charge in [0.15, 0.2) is 0 Å². The number of likely N-dealkylation sites (tertiary alicyclic amines) is 1. The molecule has 2 rings (SSSR count). The smallest absolute Gasteiger partial charge is 0.320 e. The SMILES string of the molecule is CCC(c1ccccc1)N1CCC1C(=O)O. The Hall–Kier alpha value is -1.35. The minimum atomic E-state index is -0.694. The standard InChI is InChI=1S/C13H17NO2/c1-2-11(10-6-4-3-5-7-10)14-9-8-12(14)13(15)16/h3-7,11-12H,2,8-9H2,1H3,(H,15,16). The Balaban J connectivity index is 2.15. The maximum Gasteiger partial charge on any atom is 0.320 e. The summed E-state index contributed by atoms with van der Waals surface area (Å²) in [6.07, 6.45) is 1.73. The number of hydrogen-bond donors (Lipinski definition) is 1. The van der Waals surface area contributed by atoms with Gasteiger partial charge in [0.2, 0.25) is 0 Å². The van der Waals surface area contributed by atoms with Crippen molar-refractivity contribution in [1.82, 2.24) is 4.90 Å². The highest BCUT2D eigenvalue weighted by Crippen LogP contribution is 2.32. The molecule has 3 nitrogen and oxygen atoms in total. The van der Waals surface area contributed by atoms with E-state index in [1.54, 1.807) is 0 Å². The van der Waals surface area contributed by atoms with Gasteiger partial charge in [0, 0.05) is 12.6 Å². The van der Waals surface area contributed by atoms with E-state index in [4.69, 9.17) is 5.11 Å². The Morgan fingerprint density at radius 3 is 2.62 bits per heavy atom. The Bertz CT molecular complexity index is 363. The highest BCUT2D eigenvalue weighted by atomic mass is 16.4. The van der Waals surface area contributed by atoms with Gasteiger partial charge in [-0.1, -0.05) is 37.3 Å². The number of hydrogen-bond acceptors (Lipinski definition) is 2. The van der Waals surface area contributed by atoms with Crippen molar-refractivity contribution < 1.29 is 9.90 Å². The molecular formula is C13H17NO2. The summed E-state index contributed by atoms with van der Waals surface area (Å²) in [6.45, 7) is 3.00. The van der Waals surface area contributed by atoms with Crippen molar-refractivity contribution >= 4 is 5.97 Å². The average molecular weight is 219 g/mol. The summed E-state index contributed by atoms with van der Waals surface area (Å²) in [6, 6.07) is 10.1. The minimum Gasteiger partial charge on any atom is -0.480 e. The second-order valence-corrected chi connectivity index (χ2v) is 4.22. The first-order valence-corrected chi connectivity index (χ1v) is 5.77. The lowest BCUT2D eigenvalue weighted by molar-refractivity contribution is -0.150. The van der Waals surface area contributed by atoms with Crippen LogP contribution in [-0.4, -0.2) is 28.6 Å². The lowest BCUT2D eigenvalue weighted by Gasteiger charge is -2.43. The molecule has 16 heavy (non-hydrogen) atoms. The normalized spacial score (nSPS) is 22.4. The van der Waals surface area contributed by atoms with E-state index >= 15 is 0 Å². The monoisotopic (exact) mass is 219 g/mol. The largest absolute Gasteiger partial charge is 0.480 e. The quantitative estimate of drug-likeness (QED) is 0.844. The molecule has 1 heterocycles. The molecular weight excluding hydrogens is 202 g/mol. The zero-order valence-electron chi connectivity index (χ0n) is 9.47. The van der Waals surface area contributed by atoms with Crippen LogP contribution in [0.5, 0.6) is 0 Å². The minimum absolute atomic E-state index is 0.246. The van der Waals surface area contributed by atoms with Gasteiger partial charge in [-0.15, -0.1) is 0 Å². The van der Waals surface area contributed by atoms with Crippen LogP contribution >= 0.6 is 0 Å². The molecule has 86 valence electrons. The second kappa shape index (κ2) is 4.66. The van der Waals surface area contributed by atoms with Crippen molar-refractivity contribution in [3.05, 3.63) is 35.9 Å². The molecule has 3 heteroatoms. The van der Waals surface area contributed by atoms with E-state index in [1.165, 1.54) is 5.56 Å². The molecule has 1 N–H and O–H groups in total. The Morgan fingerprint density at radius 2 is 2.19 bits per heavy atom. The summed E-state index contributed by atoms with van der Waals surface area (Å²) in [7, 11) is 0. The first-order chi connectivity index (χ1) is 7.74. The van der Waals surface area contributed by atoms with Crippen LogP contribution in [0, 0.1) is 0 Å². The van der Waals surface area contributed by atoms with Crippen molar-refractivity contribution in [2.45, 2.75) is 31.8 Å². The molecule has 0 radical (unpaired) electrons. The van der Waals surface area contributed by atoms with E-state index in [-0.39, 0.29) is 12.1 Å². The second-order valence-electron chi connectivity index (χ2n) is 4.22. The predicted molar refractivity (Wildman–Crippen MR) is 62.2 cm³/mol. The summed E-state index contributed by atoms with van der Waals surface area (Å²) in [5.41, 5.74) is 1.22. The third-order valence-corrected chi connectivity index (χ3v) is 3.32. The topological polar surface area (TPSA) is 40.5 Å². The summed E-state index contributed by atoms with van der Waals surface area (Å²) in [5, 5.41) is 9.05. The number of nitrogens with zero attached hydrogens (tertiary/aromatic N) is 1. The fraction of sp³-hybridized carbons (Fsp3) is 0.462. The molecule has 0 amide bonds. The molecule has 1 aliphatic rings. The Morgan fingerprint density at radius 1 is 1.50 bits per heavy atom. The third-order valence-electron chi connectivity index (χ3n) is 3.32. The van der Waals surface area contributed by atoms with Gasteiger partial charge < -0.3 is 5.11 Å². The number of rotatable bonds is 4. The first-order valence-electron chi connectivity index (χ1n) is 5.77. The molecule has 1 aliphatic heterocycles. The van der Waals surface area contributed by atoms with E-state index in [1.807, 2.05) is 18.2 Å². The average Bonchev–Trinajstić information content (AvgIpc) is 2.24. The Labute approximate surface area is 95.7 Å². The third kappa shape index (κ3) is 1.95. The van der Waals surface area contributed by atoms with E-state index in [2.05, 4.69) is 24.0 Å². The van der Waals surface area contributed by atoms with Crippen molar-refractivity contribution in [1.29, 1.82) is 0 Å². The number of benzene rings is 1. The van der Waals surface area contributed by atoms with Gasteiger partial charge in [-0.25, -0.2) is 0 Å². The molecule has 0 spiro atoms. The van der Waals surface area contributed by atoms with E-state index in [0.717, 1.165) is 19.4 Å². The molecule has 2 atom stereocenters. The fourth-order valence-corrected chi connectivity index (χ4v) is 2.38. The van der Waals surface area contributed by atoms with Crippen LogP contribution in [0.15, 0.2) is 30.3 Å². The maximum absolute atomic E-state index is 11.0. The first kappa shape index (κ1) is 11.1. The van der Waals surface area contributed by atoms with Crippen LogP contribution in [-0.2, 0) is 4.79 Å². The number of carbonyl (C=O) groups is 1. The van der Waals surface area contributed by atoms with Crippen LogP contribution in [0.1, 0.15) is 31.4 Å². The number of aliphatic carboxylic acids is 1. The summed E-state index contributed by atoms with van der Waals surface area (Å²) < 4.78 is 0. The van der Waals surface area contributed by atoms with Crippen molar-refractivity contribution in [2.24, 2.45) is 0 Å². The van der Waals surface area contributed by atoms with Gasteiger partial charge >= 0.3 is 5.97 Å². The van der Waals surface area contributed by atoms with Crippen molar-refractivity contribution in [3.63, 3.8) is 0 Å². The molecule has 0 saturated carbocycles. The van der Waals surface area contributed by atoms with Crippen LogP contribution in [0.2, 0.25) is 0 Å². The van der Waals surface area contributed by atoms with E-state index < -0.39 is 5.97 Å². The molecule has 1 aromatic rings. The molecule has 0 aromatic heterocycles. The predicted octanol–water partition coefficient (Wildman–Crippen LogP) is 2.30. The highest BCUT2D eigenvalue weighted by molar-refractivity contribution is 5.74. The lowest BCUT2D eigenvalue weighted by Crippen LogP contribution is -2.53. The highest BCUT2D eigenvalue weighted by Gasteiger charge is 2.38. The molecule has 1 saturated heterocycles. The van der Waals surface area contributed by atoms with Gasteiger partial charge in [0.1, 0.15) is 6.04 Å². The van der Waals surface area contributed by atoms with E-state index in [9.17, 15) is 4.79 Å². The molecule has 1 fully saturated rings. The zero-order valence-corrected chi connectivity index (χ0v) is 9.47. The molecule has 0 bridgehead atoms. The summed E-state index contributed by atoms with van der Waals surface area (Å²) in [4.78, 5) is 13.1. The maximum atomic E-state index is 11.0. The van der Waals surface area contributed by atoms with Crippen LogP contribution in [0.4, 0.5) is 0 Å². The van der Waals surface area contributed by atoms with E-state index in [0.29, 0.717) is 0 Å². The number of carboxylic acid groups (broad SMARTS) is 1. The van der Waals surface area contributed by atoms with Gasteiger partial charge in [-0.2, -0.15) is 0 Å². The van der Waals surface area contributed by atoms with Crippen LogP contribution in [0.25, 0.3) is 0 Å². The van der Waals surface area contributed by atoms with Gasteiger partial charge in [0.25, 0.3) is 0 Å². The van der Waals surface area contributed by atoms with Crippen molar-refractivity contribution in [2.75, 3.05) is 6.54 Å². The molecule has 0 aliphatic carbocycles. The van der Waals surface area contributed by atoms with Crippen molar-refractivity contribution in [3.8, 4) is 0 Å². The van der Waals surface area contributed by atoms with Crippen LogP contribution in [0.3, 0.4) is 0 Å². The number of carboxylic acids is 1. The lowest BCUT2D eigenvalue weighted by atomic mass is 9.94.